The summed E-state index contributed by atoms with van der Waals surface area (Å²) in [5.74, 6) is -0.856. The van der Waals surface area contributed by atoms with Gasteiger partial charge in [0.2, 0.25) is 0 Å². The molecule has 2 aromatic carbocycles. The lowest BCUT2D eigenvalue weighted by Gasteiger charge is -2.50. The van der Waals surface area contributed by atoms with Gasteiger partial charge in [0.25, 0.3) is 5.91 Å². The molecular formula is C23H26FN3O4. The number of benzene rings is 2. The molecule has 1 atom stereocenters. The molecule has 1 aliphatic rings. The van der Waals surface area contributed by atoms with Gasteiger partial charge in [-0.05, 0) is 40.8 Å². The van der Waals surface area contributed by atoms with Crippen molar-refractivity contribution in [3.8, 4) is 0 Å². The Labute approximate surface area is 180 Å². The minimum Gasteiger partial charge on any atom is -0.465 e. The minimum absolute atomic E-state index is 0.243. The average Bonchev–Trinajstić information content (AvgIpc) is 2.74. The lowest BCUT2D eigenvalue weighted by atomic mass is 9.71. The molecule has 2 aromatic rings. The third kappa shape index (κ3) is 4.91. The van der Waals surface area contributed by atoms with Gasteiger partial charge in [0.1, 0.15) is 11.4 Å². The van der Waals surface area contributed by atoms with Crippen molar-refractivity contribution in [2.75, 3.05) is 19.7 Å². The summed E-state index contributed by atoms with van der Waals surface area (Å²) in [6.45, 7) is 6.98. The Bertz CT molecular complexity index is 968. The topological polar surface area (TPSA) is 91.2 Å². The number of carboxylic acid groups (broad SMARTS) is 1. The lowest BCUT2D eigenvalue weighted by Crippen LogP contribution is -2.57. The number of hydrogen-bond acceptors (Lipinski definition) is 4. The van der Waals surface area contributed by atoms with Crippen LogP contribution in [0.1, 0.15) is 42.3 Å². The van der Waals surface area contributed by atoms with E-state index >= 15 is 0 Å². The smallest absolute Gasteiger partial charge is 0.407 e. The van der Waals surface area contributed by atoms with Crippen LogP contribution in [-0.4, -0.2) is 47.9 Å². The standard InChI is InChI=1S/C23H26FN3O4/c1-22(2,3)23(15-27(21(29)30)12-13-31-23)18-8-4-16(5-9-18)14-25-26-20(28)17-6-10-19(24)11-7-17/h4-11,14H,12-13,15H2,1-3H3,(H,26,28)(H,29,30)/t23-/m1/s1. The molecule has 31 heavy (non-hydrogen) atoms. The number of hydrogen-bond donors (Lipinski definition) is 2. The summed E-state index contributed by atoms with van der Waals surface area (Å²) in [6, 6.07) is 12.6. The molecule has 0 radical (unpaired) electrons. The quantitative estimate of drug-likeness (QED) is 0.573. The Balaban J connectivity index is 1.74. The van der Waals surface area contributed by atoms with Crippen LogP contribution in [0.4, 0.5) is 9.18 Å². The normalized spacial score (nSPS) is 19.4. The van der Waals surface area contributed by atoms with Crippen LogP contribution in [0.3, 0.4) is 0 Å². The number of nitrogens with zero attached hydrogens (tertiary/aromatic N) is 2. The van der Waals surface area contributed by atoms with Crippen LogP contribution in [-0.2, 0) is 10.3 Å². The van der Waals surface area contributed by atoms with Crippen molar-refractivity contribution < 1.29 is 23.8 Å². The van der Waals surface area contributed by atoms with E-state index in [0.29, 0.717) is 18.7 Å². The van der Waals surface area contributed by atoms with Gasteiger partial charge in [-0.1, -0.05) is 45.0 Å². The highest BCUT2D eigenvalue weighted by Gasteiger charge is 2.48. The SMILES string of the molecule is CC(C)(C)[C@]1(c2ccc(C=NNC(=O)c3ccc(F)cc3)cc2)CN(C(=O)O)CCO1. The number of hydrazone groups is 1. The first-order valence-electron chi connectivity index (χ1n) is 9.94. The number of amides is 2. The molecule has 0 saturated carbocycles. The maximum atomic E-state index is 13.0. The van der Waals surface area contributed by atoms with E-state index in [0.717, 1.165) is 11.1 Å². The number of carbonyl (C=O) groups is 2. The molecule has 2 amide bonds. The van der Waals surface area contributed by atoms with Crippen LogP contribution in [0.15, 0.2) is 53.6 Å². The second-order valence-electron chi connectivity index (χ2n) is 8.46. The van der Waals surface area contributed by atoms with Gasteiger partial charge in [0.15, 0.2) is 0 Å². The van der Waals surface area contributed by atoms with Gasteiger partial charge in [-0.25, -0.2) is 14.6 Å². The predicted octanol–water partition coefficient (Wildman–Crippen LogP) is 3.84. The van der Waals surface area contributed by atoms with E-state index in [2.05, 4.69) is 10.5 Å². The van der Waals surface area contributed by atoms with Gasteiger partial charge in [-0.15, -0.1) is 0 Å². The molecule has 2 N–H and O–H groups in total. The third-order valence-corrected chi connectivity index (χ3v) is 5.47. The highest BCUT2D eigenvalue weighted by Crippen LogP contribution is 2.45. The highest BCUT2D eigenvalue weighted by atomic mass is 19.1. The molecule has 164 valence electrons. The van der Waals surface area contributed by atoms with Crippen molar-refractivity contribution in [2.24, 2.45) is 10.5 Å². The lowest BCUT2D eigenvalue weighted by molar-refractivity contribution is -0.166. The molecule has 8 heteroatoms. The molecule has 0 spiro atoms. The van der Waals surface area contributed by atoms with E-state index in [4.69, 9.17) is 4.74 Å². The first-order chi connectivity index (χ1) is 14.6. The largest absolute Gasteiger partial charge is 0.465 e. The van der Waals surface area contributed by atoms with Gasteiger partial charge in [0.05, 0.1) is 19.4 Å². The maximum Gasteiger partial charge on any atom is 0.407 e. The summed E-state index contributed by atoms with van der Waals surface area (Å²) < 4.78 is 19.1. The van der Waals surface area contributed by atoms with Gasteiger partial charge in [-0.2, -0.15) is 5.10 Å². The first kappa shape index (κ1) is 22.4. The fraction of sp³-hybridized carbons (Fsp3) is 0.348. The predicted molar refractivity (Wildman–Crippen MR) is 115 cm³/mol. The van der Waals surface area contributed by atoms with E-state index in [-0.39, 0.29) is 12.0 Å². The summed E-state index contributed by atoms with van der Waals surface area (Å²) in [7, 11) is 0. The van der Waals surface area contributed by atoms with Crippen molar-refractivity contribution in [3.05, 3.63) is 71.0 Å². The van der Waals surface area contributed by atoms with E-state index in [1.165, 1.54) is 35.4 Å². The van der Waals surface area contributed by atoms with Gasteiger partial charge >= 0.3 is 6.09 Å². The van der Waals surface area contributed by atoms with Crippen LogP contribution in [0, 0.1) is 11.2 Å². The molecule has 7 nitrogen and oxygen atoms in total. The van der Waals surface area contributed by atoms with Crippen molar-refractivity contribution in [2.45, 2.75) is 26.4 Å². The van der Waals surface area contributed by atoms with E-state index in [1.807, 2.05) is 45.0 Å². The molecule has 1 aliphatic heterocycles. The Hall–Kier alpha value is -3.26. The Kier molecular flexibility index (Phi) is 6.40. The molecule has 0 aliphatic carbocycles. The Morgan fingerprint density at radius 2 is 1.81 bits per heavy atom. The van der Waals surface area contributed by atoms with Crippen molar-refractivity contribution >= 4 is 18.2 Å². The van der Waals surface area contributed by atoms with Crippen molar-refractivity contribution in [1.82, 2.24) is 10.3 Å². The Morgan fingerprint density at radius 1 is 1.16 bits per heavy atom. The van der Waals surface area contributed by atoms with E-state index in [9.17, 15) is 19.1 Å². The van der Waals surface area contributed by atoms with Crippen LogP contribution in [0.5, 0.6) is 0 Å². The average molecular weight is 427 g/mol. The molecule has 1 saturated heterocycles. The zero-order valence-corrected chi connectivity index (χ0v) is 17.8. The zero-order valence-electron chi connectivity index (χ0n) is 17.8. The molecular weight excluding hydrogens is 401 g/mol. The summed E-state index contributed by atoms with van der Waals surface area (Å²) in [4.78, 5) is 25.0. The zero-order chi connectivity index (χ0) is 22.6. The highest BCUT2D eigenvalue weighted by molar-refractivity contribution is 5.94. The van der Waals surface area contributed by atoms with Crippen LogP contribution < -0.4 is 5.43 Å². The van der Waals surface area contributed by atoms with Crippen molar-refractivity contribution in [1.29, 1.82) is 0 Å². The summed E-state index contributed by atoms with van der Waals surface area (Å²) in [5, 5.41) is 13.4. The minimum atomic E-state index is -0.961. The molecule has 3 rings (SSSR count). The number of carbonyl (C=O) groups excluding carboxylic acids is 1. The number of ether oxygens (including phenoxy) is 1. The third-order valence-electron chi connectivity index (χ3n) is 5.47. The van der Waals surface area contributed by atoms with E-state index in [1.54, 1.807) is 0 Å². The van der Waals surface area contributed by atoms with Gasteiger partial charge in [-0.3, -0.25) is 4.79 Å². The molecule has 0 unspecified atom stereocenters. The monoisotopic (exact) mass is 427 g/mol. The van der Waals surface area contributed by atoms with Crippen LogP contribution >= 0.6 is 0 Å². The number of nitrogens with one attached hydrogen (secondary N) is 1. The number of morpholine rings is 1. The number of rotatable bonds is 4. The molecule has 1 fully saturated rings. The first-order valence-corrected chi connectivity index (χ1v) is 9.94. The molecule has 0 bridgehead atoms. The number of halogens is 1. The van der Waals surface area contributed by atoms with Gasteiger partial charge in [0, 0.05) is 12.1 Å². The summed E-state index contributed by atoms with van der Waals surface area (Å²) in [6.07, 6.45) is 0.540. The van der Waals surface area contributed by atoms with Crippen molar-refractivity contribution in [3.63, 3.8) is 0 Å². The molecule has 1 heterocycles. The van der Waals surface area contributed by atoms with Gasteiger partial charge < -0.3 is 14.7 Å². The fourth-order valence-electron chi connectivity index (χ4n) is 3.62. The van der Waals surface area contributed by atoms with Crippen LogP contribution in [0.2, 0.25) is 0 Å². The summed E-state index contributed by atoms with van der Waals surface area (Å²) >= 11 is 0. The van der Waals surface area contributed by atoms with E-state index < -0.39 is 23.4 Å². The summed E-state index contributed by atoms with van der Waals surface area (Å²) in [5.41, 5.74) is 3.20. The molecule has 0 aromatic heterocycles. The maximum absolute atomic E-state index is 13.0. The second kappa shape index (κ2) is 8.85. The fourth-order valence-corrected chi connectivity index (χ4v) is 3.62. The second-order valence-corrected chi connectivity index (χ2v) is 8.46. The Morgan fingerprint density at radius 3 is 2.39 bits per heavy atom. The van der Waals surface area contributed by atoms with Crippen LogP contribution in [0.25, 0.3) is 0 Å².